The molecule has 27 heavy (non-hydrogen) atoms. The number of benzene rings is 2. The van der Waals surface area contributed by atoms with Crippen LogP contribution in [-0.4, -0.2) is 36.4 Å². The number of anilines is 1. The summed E-state index contributed by atoms with van der Waals surface area (Å²) in [7, 11) is 0. The van der Waals surface area contributed by atoms with Gasteiger partial charge in [-0.15, -0.1) is 0 Å². The standard InChI is InChI=1S/C21H25BrN2O3/c1-4-12-27-19-11-10-15(14-18(19)22)20(25)23-17-9-7-8-16(13-17)21(26)24(5-2)6-3/h7-11,13-14H,4-6,12H2,1-3H3,(H,23,25). The Labute approximate surface area is 168 Å². The van der Waals surface area contributed by atoms with Crippen molar-refractivity contribution >= 4 is 33.4 Å². The Kier molecular flexibility index (Phi) is 7.85. The predicted molar refractivity (Wildman–Crippen MR) is 112 cm³/mol. The summed E-state index contributed by atoms with van der Waals surface area (Å²) in [6.45, 7) is 7.84. The van der Waals surface area contributed by atoms with Crippen LogP contribution in [0.4, 0.5) is 5.69 Å². The van der Waals surface area contributed by atoms with Crippen molar-refractivity contribution in [2.24, 2.45) is 0 Å². The van der Waals surface area contributed by atoms with Crippen LogP contribution in [0.3, 0.4) is 0 Å². The molecule has 0 aliphatic carbocycles. The van der Waals surface area contributed by atoms with Crippen molar-refractivity contribution in [1.29, 1.82) is 0 Å². The zero-order valence-corrected chi connectivity index (χ0v) is 17.5. The summed E-state index contributed by atoms with van der Waals surface area (Å²) in [6, 6.07) is 12.2. The summed E-state index contributed by atoms with van der Waals surface area (Å²) in [5, 5.41) is 2.85. The Bertz CT molecular complexity index is 804. The number of carbonyl (C=O) groups excluding carboxylic acids is 2. The van der Waals surface area contributed by atoms with Gasteiger partial charge in [-0.3, -0.25) is 9.59 Å². The topological polar surface area (TPSA) is 58.6 Å². The van der Waals surface area contributed by atoms with E-state index < -0.39 is 0 Å². The molecule has 5 nitrogen and oxygen atoms in total. The van der Waals surface area contributed by atoms with Crippen LogP contribution in [0, 0.1) is 0 Å². The van der Waals surface area contributed by atoms with Crippen molar-refractivity contribution in [3.63, 3.8) is 0 Å². The lowest BCUT2D eigenvalue weighted by Crippen LogP contribution is -2.30. The number of ether oxygens (including phenoxy) is 1. The Hall–Kier alpha value is -2.34. The Morgan fingerprint density at radius 3 is 2.41 bits per heavy atom. The van der Waals surface area contributed by atoms with Crippen LogP contribution < -0.4 is 10.1 Å². The molecular weight excluding hydrogens is 408 g/mol. The first-order valence-electron chi connectivity index (χ1n) is 9.13. The van der Waals surface area contributed by atoms with E-state index in [0.717, 1.165) is 10.9 Å². The van der Waals surface area contributed by atoms with Crippen molar-refractivity contribution < 1.29 is 14.3 Å². The minimum atomic E-state index is -0.245. The third-order valence-electron chi connectivity index (χ3n) is 4.07. The van der Waals surface area contributed by atoms with Gasteiger partial charge in [0.15, 0.2) is 0 Å². The van der Waals surface area contributed by atoms with Gasteiger partial charge in [-0.2, -0.15) is 0 Å². The Balaban J connectivity index is 2.13. The lowest BCUT2D eigenvalue weighted by atomic mass is 10.1. The average molecular weight is 433 g/mol. The number of hydrogen-bond donors (Lipinski definition) is 1. The molecule has 6 heteroatoms. The maximum atomic E-state index is 12.6. The first kappa shape index (κ1) is 21.0. The van der Waals surface area contributed by atoms with Crippen molar-refractivity contribution in [2.75, 3.05) is 25.0 Å². The van der Waals surface area contributed by atoms with Crippen LogP contribution in [0.25, 0.3) is 0 Å². The second-order valence-corrected chi connectivity index (χ2v) is 6.86. The van der Waals surface area contributed by atoms with E-state index in [1.54, 1.807) is 47.4 Å². The largest absolute Gasteiger partial charge is 0.492 e. The van der Waals surface area contributed by atoms with Gasteiger partial charge in [-0.05, 0) is 72.6 Å². The van der Waals surface area contributed by atoms with E-state index in [1.165, 1.54) is 0 Å². The molecule has 0 fully saturated rings. The molecule has 0 bridgehead atoms. The number of nitrogens with zero attached hydrogens (tertiary/aromatic N) is 1. The van der Waals surface area contributed by atoms with Gasteiger partial charge in [-0.1, -0.05) is 13.0 Å². The molecule has 2 rings (SSSR count). The quantitative estimate of drug-likeness (QED) is 0.640. The molecule has 0 saturated carbocycles. The van der Waals surface area contributed by atoms with Gasteiger partial charge in [0.1, 0.15) is 5.75 Å². The third kappa shape index (κ3) is 5.57. The van der Waals surface area contributed by atoms with Gasteiger partial charge in [-0.25, -0.2) is 0 Å². The molecule has 2 amide bonds. The molecule has 0 aliphatic heterocycles. The highest BCUT2D eigenvalue weighted by molar-refractivity contribution is 9.10. The first-order chi connectivity index (χ1) is 13.0. The van der Waals surface area contributed by atoms with Gasteiger partial charge in [0.25, 0.3) is 11.8 Å². The van der Waals surface area contributed by atoms with Crippen molar-refractivity contribution in [2.45, 2.75) is 27.2 Å². The SMILES string of the molecule is CCCOc1ccc(C(=O)Nc2cccc(C(=O)N(CC)CC)c2)cc1Br. The summed E-state index contributed by atoms with van der Waals surface area (Å²) in [4.78, 5) is 26.8. The number of carbonyl (C=O) groups is 2. The monoisotopic (exact) mass is 432 g/mol. The summed E-state index contributed by atoms with van der Waals surface area (Å²) in [5.74, 6) is 0.418. The van der Waals surface area contributed by atoms with E-state index in [9.17, 15) is 9.59 Å². The minimum Gasteiger partial charge on any atom is -0.492 e. The molecule has 0 saturated heterocycles. The van der Waals surface area contributed by atoms with Crippen LogP contribution in [-0.2, 0) is 0 Å². The van der Waals surface area contributed by atoms with Crippen LogP contribution in [0.1, 0.15) is 47.9 Å². The van der Waals surface area contributed by atoms with E-state index >= 15 is 0 Å². The lowest BCUT2D eigenvalue weighted by molar-refractivity contribution is 0.0772. The number of rotatable bonds is 8. The molecule has 0 aromatic heterocycles. The predicted octanol–water partition coefficient (Wildman–Crippen LogP) is 4.97. The van der Waals surface area contributed by atoms with Gasteiger partial charge < -0.3 is 15.0 Å². The number of amides is 2. The Morgan fingerprint density at radius 2 is 1.78 bits per heavy atom. The second-order valence-electron chi connectivity index (χ2n) is 6.01. The summed E-state index contributed by atoms with van der Waals surface area (Å²) >= 11 is 3.44. The highest BCUT2D eigenvalue weighted by Gasteiger charge is 2.14. The number of nitrogens with one attached hydrogen (secondary N) is 1. The molecule has 0 spiro atoms. The third-order valence-corrected chi connectivity index (χ3v) is 4.69. The van der Waals surface area contributed by atoms with Gasteiger partial charge >= 0.3 is 0 Å². The van der Waals surface area contributed by atoms with E-state index in [4.69, 9.17) is 4.74 Å². The maximum Gasteiger partial charge on any atom is 0.255 e. The summed E-state index contributed by atoms with van der Waals surface area (Å²) in [5.41, 5.74) is 1.65. The van der Waals surface area contributed by atoms with Crippen LogP contribution in [0.2, 0.25) is 0 Å². The van der Waals surface area contributed by atoms with E-state index in [-0.39, 0.29) is 11.8 Å². The van der Waals surface area contributed by atoms with E-state index in [1.807, 2.05) is 20.8 Å². The van der Waals surface area contributed by atoms with Crippen molar-refractivity contribution in [3.05, 3.63) is 58.1 Å². The fourth-order valence-corrected chi connectivity index (χ4v) is 3.09. The molecule has 1 N–H and O–H groups in total. The molecule has 0 aliphatic rings. The summed E-state index contributed by atoms with van der Waals surface area (Å²) < 4.78 is 6.33. The zero-order chi connectivity index (χ0) is 19.8. The highest BCUT2D eigenvalue weighted by atomic mass is 79.9. The van der Waals surface area contributed by atoms with E-state index in [0.29, 0.717) is 42.3 Å². The molecule has 0 unspecified atom stereocenters. The molecule has 0 atom stereocenters. The lowest BCUT2D eigenvalue weighted by Gasteiger charge is -2.19. The molecule has 0 heterocycles. The zero-order valence-electron chi connectivity index (χ0n) is 15.9. The fourth-order valence-electron chi connectivity index (χ4n) is 2.60. The molecular formula is C21H25BrN2O3. The van der Waals surface area contributed by atoms with Crippen LogP contribution >= 0.6 is 15.9 Å². The van der Waals surface area contributed by atoms with Crippen molar-refractivity contribution in [3.8, 4) is 5.75 Å². The second kappa shape index (κ2) is 10.1. The average Bonchev–Trinajstić information content (AvgIpc) is 2.68. The van der Waals surface area contributed by atoms with Gasteiger partial charge in [0, 0.05) is 29.9 Å². The van der Waals surface area contributed by atoms with E-state index in [2.05, 4.69) is 21.2 Å². The van der Waals surface area contributed by atoms with Crippen molar-refractivity contribution in [1.82, 2.24) is 4.90 Å². The minimum absolute atomic E-state index is 0.0451. The van der Waals surface area contributed by atoms with Crippen LogP contribution in [0.15, 0.2) is 46.9 Å². The Morgan fingerprint density at radius 1 is 1.04 bits per heavy atom. The fraction of sp³-hybridized carbons (Fsp3) is 0.333. The maximum absolute atomic E-state index is 12.6. The molecule has 144 valence electrons. The first-order valence-corrected chi connectivity index (χ1v) is 9.92. The normalized spacial score (nSPS) is 10.4. The smallest absolute Gasteiger partial charge is 0.255 e. The highest BCUT2D eigenvalue weighted by Crippen LogP contribution is 2.26. The summed E-state index contributed by atoms with van der Waals surface area (Å²) in [6.07, 6.45) is 0.914. The van der Waals surface area contributed by atoms with Gasteiger partial charge in [0.2, 0.25) is 0 Å². The van der Waals surface area contributed by atoms with Crippen LogP contribution in [0.5, 0.6) is 5.75 Å². The number of hydrogen-bond acceptors (Lipinski definition) is 3. The molecule has 2 aromatic carbocycles. The molecule has 0 radical (unpaired) electrons. The number of halogens is 1. The molecule has 2 aromatic rings. The van der Waals surface area contributed by atoms with Gasteiger partial charge in [0.05, 0.1) is 11.1 Å².